The first kappa shape index (κ1) is 15.8. The summed E-state index contributed by atoms with van der Waals surface area (Å²) in [5.41, 5.74) is 0. The average Bonchev–Trinajstić information content (AvgIpc) is 2.48. The van der Waals surface area contributed by atoms with Crippen LogP contribution in [0.4, 0.5) is 0 Å². The first-order valence-electron chi connectivity index (χ1n) is 8.30. The molecule has 0 saturated carbocycles. The van der Waals surface area contributed by atoms with E-state index in [-0.39, 0.29) is 6.61 Å². The summed E-state index contributed by atoms with van der Waals surface area (Å²) in [5.74, 6) is 1.97. The van der Waals surface area contributed by atoms with Crippen LogP contribution in [0.3, 0.4) is 0 Å². The minimum atomic E-state index is 0.247. The molecule has 2 rings (SSSR count). The van der Waals surface area contributed by atoms with Gasteiger partial charge in [0.15, 0.2) is 0 Å². The highest BCUT2D eigenvalue weighted by Crippen LogP contribution is 2.25. The summed E-state index contributed by atoms with van der Waals surface area (Å²) >= 11 is 0. The Kier molecular flexibility index (Phi) is 6.30. The fourth-order valence-corrected chi connectivity index (χ4v) is 3.65. The maximum absolute atomic E-state index is 12.4. The van der Waals surface area contributed by atoms with Crippen LogP contribution in [0.25, 0.3) is 0 Å². The Hall–Kier alpha value is -0.610. The van der Waals surface area contributed by atoms with E-state index in [1.165, 1.54) is 12.8 Å². The van der Waals surface area contributed by atoms with Gasteiger partial charge in [0.1, 0.15) is 0 Å². The summed E-state index contributed by atoms with van der Waals surface area (Å²) < 4.78 is 0. The van der Waals surface area contributed by atoms with Gasteiger partial charge in [-0.3, -0.25) is 4.79 Å². The fourth-order valence-electron chi connectivity index (χ4n) is 3.65. The molecule has 2 aliphatic rings. The molecule has 2 N–H and O–H groups in total. The van der Waals surface area contributed by atoms with Crippen LogP contribution in [0, 0.1) is 17.8 Å². The van der Waals surface area contributed by atoms with E-state index < -0.39 is 0 Å². The van der Waals surface area contributed by atoms with Gasteiger partial charge in [0.2, 0.25) is 5.91 Å². The molecule has 2 aliphatic heterocycles. The van der Waals surface area contributed by atoms with Crippen LogP contribution < -0.4 is 5.32 Å². The van der Waals surface area contributed by atoms with E-state index in [9.17, 15) is 4.79 Å². The van der Waals surface area contributed by atoms with Gasteiger partial charge in [-0.05, 0) is 62.9 Å². The van der Waals surface area contributed by atoms with Crippen LogP contribution in [-0.4, -0.2) is 48.7 Å². The molecule has 0 spiro atoms. The number of piperidine rings is 2. The van der Waals surface area contributed by atoms with Crippen LogP contribution in [0.1, 0.15) is 45.4 Å². The Bertz CT molecular complexity index is 301. The smallest absolute Gasteiger partial charge is 0.222 e. The van der Waals surface area contributed by atoms with E-state index in [0.29, 0.717) is 30.1 Å². The Morgan fingerprint density at radius 2 is 2.25 bits per heavy atom. The Morgan fingerprint density at radius 1 is 1.40 bits per heavy atom. The van der Waals surface area contributed by atoms with E-state index in [4.69, 9.17) is 5.11 Å². The van der Waals surface area contributed by atoms with Gasteiger partial charge >= 0.3 is 0 Å². The third-order valence-corrected chi connectivity index (χ3v) is 5.05. The molecule has 116 valence electrons. The molecule has 0 aromatic rings. The van der Waals surface area contributed by atoms with Crippen molar-refractivity contribution >= 4 is 5.91 Å². The predicted octanol–water partition coefficient (Wildman–Crippen LogP) is 1.63. The highest BCUT2D eigenvalue weighted by Gasteiger charge is 2.27. The quantitative estimate of drug-likeness (QED) is 0.806. The molecular formula is C16H30N2O2. The fraction of sp³-hybridized carbons (Fsp3) is 0.938. The maximum atomic E-state index is 12.4. The second-order valence-corrected chi connectivity index (χ2v) is 6.65. The summed E-state index contributed by atoms with van der Waals surface area (Å²) in [6.45, 7) is 6.45. The van der Waals surface area contributed by atoms with E-state index in [1.807, 2.05) is 4.90 Å². The molecule has 0 radical (unpaired) electrons. The lowest BCUT2D eigenvalue weighted by molar-refractivity contribution is -0.134. The normalized spacial score (nSPS) is 29.2. The van der Waals surface area contributed by atoms with Crippen LogP contribution in [-0.2, 0) is 4.79 Å². The zero-order valence-electron chi connectivity index (χ0n) is 12.8. The molecule has 3 atom stereocenters. The van der Waals surface area contributed by atoms with Gasteiger partial charge in [-0.25, -0.2) is 0 Å². The maximum Gasteiger partial charge on any atom is 0.222 e. The molecular weight excluding hydrogens is 252 g/mol. The molecule has 0 aromatic carbocycles. The highest BCUT2D eigenvalue weighted by atomic mass is 16.3. The van der Waals surface area contributed by atoms with Gasteiger partial charge in [0.05, 0.1) is 0 Å². The van der Waals surface area contributed by atoms with Crippen molar-refractivity contribution in [2.75, 3.05) is 32.8 Å². The SMILES string of the molecule is CC(CC(=O)N1CCCC(CCO)C1)C1CCCNC1. The number of aliphatic hydroxyl groups is 1. The van der Waals surface area contributed by atoms with Gasteiger partial charge in [-0.1, -0.05) is 6.92 Å². The van der Waals surface area contributed by atoms with Gasteiger partial charge < -0.3 is 15.3 Å². The van der Waals surface area contributed by atoms with Crippen molar-refractivity contribution in [2.24, 2.45) is 17.8 Å². The van der Waals surface area contributed by atoms with Crippen molar-refractivity contribution in [3.05, 3.63) is 0 Å². The van der Waals surface area contributed by atoms with E-state index in [2.05, 4.69) is 12.2 Å². The van der Waals surface area contributed by atoms with E-state index >= 15 is 0 Å². The number of carbonyl (C=O) groups is 1. The number of carbonyl (C=O) groups excluding carboxylic acids is 1. The number of amides is 1. The first-order valence-corrected chi connectivity index (χ1v) is 8.30. The molecule has 1 amide bonds. The Balaban J connectivity index is 1.78. The zero-order chi connectivity index (χ0) is 14.4. The Labute approximate surface area is 122 Å². The summed E-state index contributed by atoms with van der Waals surface area (Å²) in [7, 11) is 0. The van der Waals surface area contributed by atoms with Gasteiger partial charge in [-0.2, -0.15) is 0 Å². The van der Waals surface area contributed by atoms with Crippen LogP contribution >= 0.6 is 0 Å². The number of hydrogen-bond acceptors (Lipinski definition) is 3. The van der Waals surface area contributed by atoms with E-state index in [0.717, 1.165) is 45.4 Å². The molecule has 2 saturated heterocycles. The topological polar surface area (TPSA) is 52.6 Å². The molecule has 0 aliphatic carbocycles. The molecule has 0 bridgehead atoms. The number of nitrogens with zero attached hydrogens (tertiary/aromatic N) is 1. The lowest BCUT2D eigenvalue weighted by Gasteiger charge is -2.34. The lowest BCUT2D eigenvalue weighted by atomic mass is 9.85. The van der Waals surface area contributed by atoms with Crippen molar-refractivity contribution in [3.63, 3.8) is 0 Å². The lowest BCUT2D eigenvalue weighted by Crippen LogP contribution is -2.42. The molecule has 4 nitrogen and oxygen atoms in total. The van der Waals surface area contributed by atoms with E-state index in [1.54, 1.807) is 0 Å². The zero-order valence-corrected chi connectivity index (χ0v) is 12.8. The van der Waals surface area contributed by atoms with Crippen molar-refractivity contribution in [1.29, 1.82) is 0 Å². The number of likely N-dealkylation sites (tertiary alicyclic amines) is 1. The molecule has 3 unspecified atom stereocenters. The molecule has 2 heterocycles. The average molecular weight is 282 g/mol. The minimum Gasteiger partial charge on any atom is -0.396 e. The third kappa shape index (κ3) is 4.45. The number of hydrogen-bond donors (Lipinski definition) is 2. The minimum absolute atomic E-state index is 0.247. The van der Waals surface area contributed by atoms with Crippen LogP contribution in [0.5, 0.6) is 0 Å². The molecule has 4 heteroatoms. The Morgan fingerprint density at radius 3 is 2.95 bits per heavy atom. The van der Waals surface area contributed by atoms with Gasteiger partial charge in [0.25, 0.3) is 0 Å². The largest absolute Gasteiger partial charge is 0.396 e. The number of rotatable bonds is 5. The van der Waals surface area contributed by atoms with Crippen molar-refractivity contribution in [3.8, 4) is 0 Å². The van der Waals surface area contributed by atoms with Crippen LogP contribution in [0.2, 0.25) is 0 Å². The summed E-state index contributed by atoms with van der Waals surface area (Å²) in [5, 5.41) is 12.5. The first-order chi connectivity index (χ1) is 9.70. The third-order valence-electron chi connectivity index (χ3n) is 5.05. The standard InChI is InChI=1S/C16H30N2O2/c1-13(15-5-2-7-17-11-15)10-16(20)18-8-3-4-14(12-18)6-9-19/h13-15,17,19H,2-12H2,1H3. The second kappa shape index (κ2) is 7.99. The molecule has 2 fully saturated rings. The van der Waals surface area contributed by atoms with Crippen molar-refractivity contribution in [2.45, 2.75) is 45.4 Å². The predicted molar refractivity (Wildman–Crippen MR) is 80.4 cm³/mol. The molecule has 0 aromatic heterocycles. The second-order valence-electron chi connectivity index (χ2n) is 6.65. The van der Waals surface area contributed by atoms with Gasteiger partial charge in [-0.15, -0.1) is 0 Å². The summed E-state index contributed by atoms with van der Waals surface area (Å²) in [6, 6.07) is 0. The van der Waals surface area contributed by atoms with Gasteiger partial charge in [0, 0.05) is 26.1 Å². The number of nitrogens with one attached hydrogen (secondary N) is 1. The summed E-state index contributed by atoms with van der Waals surface area (Å²) in [6.07, 6.45) is 6.28. The molecule has 20 heavy (non-hydrogen) atoms. The summed E-state index contributed by atoms with van der Waals surface area (Å²) in [4.78, 5) is 14.5. The number of aliphatic hydroxyl groups excluding tert-OH is 1. The highest BCUT2D eigenvalue weighted by molar-refractivity contribution is 5.76. The van der Waals surface area contributed by atoms with Crippen molar-refractivity contribution in [1.82, 2.24) is 10.2 Å². The monoisotopic (exact) mass is 282 g/mol. The van der Waals surface area contributed by atoms with Crippen LogP contribution in [0.15, 0.2) is 0 Å². The van der Waals surface area contributed by atoms with Crippen molar-refractivity contribution < 1.29 is 9.90 Å².